The molecule has 2 aromatic rings. The van der Waals surface area contributed by atoms with Crippen molar-refractivity contribution >= 4 is 33.6 Å². The van der Waals surface area contributed by atoms with Crippen LogP contribution in [-0.2, 0) is 21.4 Å². The van der Waals surface area contributed by atoms with Gasteiger partial charge in [-0.3, -0.25) is 4.79 Å². The van der Waals surface area contributed by atoms with Gasteiger partial charge < -0.3 is 14.8 Å². The lowest BCUT2D eigenvalue weighted by molar-refractivity contribution is -0.116. The zero-order valence-electron chi connectivity index (χ0n) is 18.9. The van der Waals surface area contributed by atoms with Crippen LogP contribution in [-0.4, -0.2) is 45.4 Å². The van der Waals surface area contributed by atoms with Crippen molar-refractivity contribution < 1.29 is 22.7 Å². The SMILES string of the molecule is CCOc1cc(/C=C/C(=O)NCc2ccc(S(=O)(=O)N(C)C(C)C)cc2)cc(Cl)c1OC. The number of sulfonamides is 1. The number of benzene rings is 2. The van der Waals surface area contributed by atoms with Crippen LogP contribution in [0, 0.1) is 0 Å². The Hall–Kier alpha value is -2.55. The van der Waals surface area contributed by atoms with Crippen molar-refractivity contribution in [2.24, 2.45) is 0 Å². The van der Waals surface area contributed by atoms with Crippen molar-refractivity contribution in [2.45, 2.75) is 38.3 Å². The van der Waals surface area contributed by atoms with Crippen LogP contribution in [0.5, 0.6) is 11.5 Å². The summed E-state index contributed by atoms with van der Waals surface area (Å²) in [4.78, 5) is 12.4. The monoisotopic (exact) mass is 480 g/mol. The van der Waals surface area contributed by atoms with Crippen LogP contribution < -0.4 is 14.8 Å². The summed E-state index contributed by atoms with van der Waals surface area (Å²) < 4.78 is 37.1. The molecule has 174 valence electrons. The van der Waals surface area contributed by atoms with Crippen molar-refractivity contribution in [3.05, 3.63) is 58.6 Å². The van der Waals surface area contributed by atoms with Gasteiger partial charge in [-0.25, -0.2) is 8.42 Å². The smallest absolute Gasteiger partial charge is 0.244 e. The summed E-state index contributed by atoms with van der Waals surface area (Å²) in [5.74, 6) is 0.645. The molecule has 0 spiro atoms. The van der Waals surface area contributed by atoms with Gasteiger partial charge in [0.2, 0.25) is 15.9 Å². The lowest BCUT2D eigenvalue weighted by Crippen LogP contribution is -2.33. The van der Waals surface area contributed by atoms with Crippen molar-refractivity contribution in [1.29, 1.82) is 0 Å². The average molecular weight is 481 g/mol. The molecule has 0 saturated carbocycles. The number of ether oxygens (including phenoxy) is 2. The standard InChI is InChI=1S/C23H29ClN2O5S/c1-6-31-21-14-18(13-20(24)23(21)30-5)9-12-22(27)25-15-17-7-10-19(11-8-17)32(28,29)26(4)16(2)3/h7-14,16H,6,15H2,1-5H3,(H,25,27)/b12-9+. The number of rotatable bonds is 10. The zero-order valence-corrected chi connectivity index (χ0v) is 20.5. The number of nitrogens with one attached hydrogen (secondary N) is 1. The van der Waals surface area contributed by atoms with E-state index in [1.807, 2.05) is 20.8 Å². The summed E-state index contributed by atoms with van der Waals surface area (Å²) in [5, 5.41) is 3.16. The highest BCUT2D eigenvalue weighted by atomic mass is 35.5. The Balaban J connectivity index is 2.02. The molecule has 2 aromatic carbocycles. The molecule has 0 aliphatic heterocycles. The molecular formula is C23H29ClN2O5S. The maximum atomic E-state index is 12.5. The molecule has 0 unspecified atom stereocenters. The predicted octanol–water partition coefficient (Wildman–Crippen LogP) is 4.11. The highest BCUT2D eigenvalue weighted by Gasteiger charge is 2.22. The van der Waals surface area contributed by atoms with E-state index in [2.05, 4.69) is 5.32 Å². The van der Waals surface area contributed by atoms with E-state index in [0.717, 1.165) is 5.56 Å². The second-order valence-corrected chi connectivity index (χ2v) is 9.68. The number of methoxy groups -OCH3 is 1. The molecule has 0 fully saturated rings. The van der Waals surface area contributed by atoms with Gasteiger partial charge in [-0.05, 0) is 62.2 Å². The van der Waals surface area contributed by atoms with Crippen molar-refractivity contribution in [3.63, 3.8) is 0 Å². The Morgan fingerprint density at radius 1 is 1.22 bits per heavy atom. The maximum absolute atomic E-state index is 12.5. The molecule has 9 heteroatoms. The van der Waals surface area contributed by atoms with Crippen molar-refractivity contribution in [2.75, 3.05) is 20.8 Å². The summed E-state index contributed by atoms with van der Waals surface area (Å²) in [6, 6.07) is 9.73. The van der Waals surface area contributed by atoms with Gasteiger partial charge in [0.15, 0.2) is 11.5 Å². The van der Waals surface area contributed by atoms with Gasteiger partial charge >= 0.3 is 0 Å². The normalized spacial score (nSPS) is 11.9. The van der Waals surface area contributed by atoms with E-state index in [9.17, 15) is 13.2 Å². The van der Waals surface area contributed by atoms with Crippen LogP contribution in [0.25, 0.3) is 6.08 Å². The second kappa shape index (κ2) is 11.4. The average Bonchev–Trinajstić information content (AvgIpc) is 2.76. The first-order valence-corrected chi connectivity index (χ1v) is 11.9. The molecule has 2 rings (SSSR count). The Morgan fingerprint density at radius 2 is 1.88 bits per heavy atom. The molecule has 0 atom stereocenters. The largest absolute Gasteiger partial charge is 0.491 e. The van der Waals surface area contributed by atoms with Gasteiger partial charge in [-0.1, -0.05) is 23.7 Å². The first kappa shape index (κ1) is 25.7. The number of amides is 1. The molecule has 0 heterocycles. The topological polar surface area (TPSA) is 84.9 Å². The minimum Gasteiger partial charge on any atom is -0.491 e. The van der Waals surface area contributed by atoms with E-state index < -0.39 is 10.0 Å². The summed E-state index contributed by atoms with van der Waals surface area (Å²) in [7, 11) is -0.477. The Kier molecular flexibility index (Phi) is 9.12. The van der Waals surface area contributed by atoms with Crippen LogP contribution in [0.4, 0.5) is 0 Å². The molecule has 0 aromatic heterocycles. The van der Waals surface area contributed by atoms with E-state index in [1.165, 1.54) is 17.5 Å². The molecular weight excluding hydrogens is 452 g/mol. The van der Waals surface area contributed by atoms with Gasteiger partial charge in [0.05, 0.1) is 23.6 Å². The fourth-order valence-electron chi connectivity index (χ4n) is 2.79. The molecule has 1 amide bonds. The number of nitrogens with zero attached hydrogens (tertiary/aromatic N) is 1. The van der Waals surface area contributed by atoms with Crippen LogP contribution in [0.1, 0.15) is 31.9 Å². The third-order valence-corrected chi connectivity index (χ3v) is 7.09. The highest BCUT2D eigenvalue weighted by Crippen LogP contribution is 2.36. The molecule has 0 saturated heterocycles. The van der Waals surface area contributed by atoms with Gasteiger partial charge in [0, 0.05) is 25.7 Å². The number of carbonyl (C=O) groups is 1. The van der Waals surface area contributed by atoms with Crippen molar-refractivity contribution in [3.8, 4) is 11.5 Å². The minimum atomic E-state index is -3.54. The number of carbonyl (C=O) groups excluding carboxylic acids is 1. The van der Waals surface area contributed by atoms with Crippen LogP contribution in [0.2, 0.25) is 5.02 Å². The fourth-order valence-corrected chi connectivity index (χ4v) is 4.45. The van der Waals surface area contributed by atoms with E-state index in [-0.39, 0.29) is 23.4 Å². The lowest BCUT2D eigenvalue weighted by Gasteiger charge is -2.21. The van der Waals surface area contributed by atoms with Gasteiger partial charge in [-0.2, -0.15) is 4.31 Å². The second-order valence-electron chi connectivity index (χ2n) is 7.28. The first-order chi connectivity index (χ1) is 15.1. The van der Waals surface area contributed by atoms with Crippen LogP contribution in [0.3, 0.4) is 0 Å². The van der Waals surface area contributed by atoms with E-state index in [4.69, 9.17) is 21.1 Å². The minimum absolute atomic E-state index is 0.143. The van der Waals surface area contributed by atoms with Gasteiger partial charge in [0.1, 0.15) is 0 Å². The van der Waals surface area contributed by atoms with E-state index in [1.54, 1.807) is 49.5 Å². The quantitative estimate of drug-likeness (QED) is 0.517. The molecule has 0 radical (unpaired) electrons. The molecule has 0 aliphatic rings. The Morgan fingerprint density at radius 3 is 2.44 bits per heavy atom. The summed E-state index contributed by atoms with van der Waals surface area (Å²) in [6.07, 6.45) is 3.02. The highest BCUT2D eigenvalue weighted by molar-refractivity contribution is 7.89. The molecule has 32 heavy (non-hydrogen) atoms. The first-order valence-electron chi connectivity index (χ1n) is 10.1. The summed E-state index contributed by atoms with van der Waals surface area (Å²) in [5.41, 5.74) is 1.47. The fraction of sp³-hybridized carbons (Fsp3) is 0.348. The van der Waals surface area contributed by atoms with Gasteiger partial charge in [0.25, 0.3) is 0 Å². The summed E-state index contributed by atoms with van der Waals surface area (Å²) in [6.45, 7) is 6.19. The number of hydrogen-bond donors (Lipinski definition) is 1. The predicted molar refractivity (Wildman–Crippen MR) is 127 cm³/mol. The van der Waals surface area contributed by atoms with Crippen LogP contribution >= 0.6 is 11.6 Å². The Bertz CT molecular complexity index is 1070. The zero-order chi connectivity index (χ0) is 23.9. The number of hydrogen-bond acceptors (Lipinski definition) is 5. The van der Waals surface area contributed by atoms with Crippen molar-refractivity contribution in [1.82, 2.24) is 9.62 Å². The molecule has 1 N–H and O–H groups in total. The van der Waals surface area contributed by atoms with E-state index in [0.29, 0.717) is 28.7 Å². The van der Waals surface area contributed by atoms with E-state index >= 15 is 0 Å². The maximum Gasteiger partial charge on any atom is 0.244 e. The van der Waals surface area contributed by atoms with Gasteiger partial charge in [-0.15, -0.1) is 0 Å². The molecule has 0 aliphatic carbocycles. The number of halogens is 1. The molecule has 0 bridgehead atoms. The third kappa shape index (κ3) is 6.48. The van der Waals surface area contributed by atoms with Crippen LogP contribution in [0.15, 0.2) is 47.4 Å². The molecule has 7 nitrogen and oxygen atoms in total. The summed E-state index contributed by atoms with van der Waals surface area (Å²) >= 11 is 6.22. The lowest BCUT2D eigenvalue weighted by atomic mass is 10.2. The third-order valence-electron chi connectivity index (χ3n) is 4.76. The Labute approximate surface area is 195 Å².